The maximum atomic E-state index is 12.6. The van der Waals surface area contributed by atoms with Gasteiger partial charge in [-0.1, -0.05) is 17.7 Å². The average Bonchev–Trinajstić information content (AvgIpc) is 2.61. The van der Waals surface area contributed by atoms with Crippen molar-refractivity contribution < 1.29 is 13.2 Å². The van der Waals surface area contributed by atoms with E-state index in [1.54, 1.807) is 24.3 Å². The van der Waals surface area contributed by atoms with E-state index in [0.29, 0.717) is 23.7 Å². The Hall–Kier alpha value is -2.10. The van der Waals surface area contributed by atoms with Crippen molar-refractivity contribution in [1.82, 2.24) is 9.71 Å². The van der Waals surface area contributed by atoms with Crippen LogP contribution >= 0.6 is 11.8 Å². The van der Waals surface area contributed by atoms with Crippen LogP contribution in [0.5, 0.6) is 0 Å². The molecule has 0 saturated heterocycles. The number of hydrogen-bond donors (Lipinski definition) is 3. The summed E-state index contributed by atoms with van der Waals surface area (Å²) in [5.41, 5.74) is 6.93. The number of rotatable bonds is 8. The molecule has 1 unspecified atom stereocenters. The third-order valence-electron chi connectivity index (χ3n) is 3.61. The zero-order valence-electron chi connectivity index (χ0n) is 14.6. The molecule has 0 radical (unpaired) electrons. The smallest absolute Gasteiger partial charge is 0.242 e. The fourth-order valence-electron chi connectivity index (χ4n) is 2.16. The minimum atomic E-state index is -3.81. The fourth-order valence-corrected chi connectivity index (χ4v) is 3.86. The van der Waals surface area contributed by atoms with Gasteiger partial charge < -0.3 is 11.1 Å². The van der Waals surface area contributed by atoms with Gasteiger partial charge >= 0.3 is 0 Å². The van der Waals surface area contributed by atoms with Crippen molar-refractivity contribution in [2.75, 3.05) is 23.1 Å². The van der Waals surface area contributed by atoms with E-state index in [4.69, 9.17) is 5.73 Å². The molecule has 7 nitrogen and oxygen atoms in total. The van der Waals surface area contributed by atoms with Crippen LogP contribution in [0.25, 0.3) is 0 Å². The molecular formula is C17H22N4O3S2. The molecule has 0 aliphatic heterocycles. The number of hydrogen-bond acceptors (Lipinski definition) is 6. The molecule has 1 aromatic carbocycles. The summed E-state index contributed by atoms with van der Waals surface area (Å²) in [4.78, 5) is 16.6. The maximum absolute atomic E-state index is 12.6. The molecule has 1 atom stereocenters. The second-order valence-corrected chi connectivity index (χ2v) is 8.43. The Morgan fingerprint density at radius 1 is 1.23 bits per heavy atom. The molecule has 26 heavy (non-hydrogen) atoms. The van der Waals surface area contributed by atoms with Crippen molar-refractivity contribution in [3.63, 3.8) is 0 Å². The molecule has 0 aliphatic rings. The highest BCUT2D eigenvalue weighted by atomic mass is 32.2. The zero-order chi connectivity index (χ0) is 19.2. The number of thioether (sulfide) groups is 1. The van der Waals surface area contributed by atoms with Crippen molar-refractivity contribution in [1.29, 1.82) is 0 Å². The largest absolute Gasteiger partial charge is 0.384 e. The van der Waals surface area contributed by atoms with E-state index in [2.05, 4.69) is 15.0 Å². The van der Waals surface area contributed by atoms with Gasteiger partial charge in [0.1, 0.15) is 11.9 Å². The number of aryl methyl sites for hydroxylation is 1. The van der Waals surface area contributed by atoms with Crippen molar-refractivity contribution >= 4 is 39.2 Å². The number of nitrogens with zero attached hydrogens (tertiary/aromatic N) is 1. The quantitative estimate of drug-likeness (QED) is 0.631. The number of aromatic nitrogens is 1. The van der Waals surface area contributed by atoms with Gasteiger partial charge in [0.2, 0.25) is 15.9 Å². The summed E-state index contributed by atoms with van der Waals surface area (Å²) in [6, 6.07) is 8.74. The van der Waals surface area contributed by atoms with Crippen LogP contribution in [0.2, 0.25) is 0 Å². The first-order valence-corrected chi connectivity index (χ1v) is 10.8. The number of carbonyl (C=O) groups is 1. The van der Waals surface area contributed by atoms with Crippen LogP contribution < -0.4 is 15.8 Å². The first-order valence-electron chi connectivity index (χ1n) is 7.92. The number of anilines is 2. The van der Waals surface area contributed by atoms with Crippen LogP contribution in [0.4, 0.5) is 11.5 Å². The van der Waals surface area contributed by atoms with Gasteiger partial charge in [0, 0.05) is 0 Å². The molecule has 1 aromatic heterocycles. The number of amides is 1. The Kier molecular flexibility index (Phi) is 7.01. The molecule has 9 heteroatoms. The normalized spacial score (nSPS) is 12.5. The first-order chi connectivity index (χ1) is 12.3. The Labute approximate surface area is 157 Å². The van der Waals surface area contributed by atoms with Crippen LogP contribution in [-0.2, 0) is 14.8 Å². The van der Waals surface area contributed by atoms with Crippen LogP contribution in [0.1, 0.15) is 12.0 Å². The number of benzene rings is 1. The van der Waals surface area contributed by atoms with E-state index in [1.165, 1.54) is 30.1 Å². The van der Waals surface area contributed by atoms with Crippen LogP contribution in [0, 0.1) is 6.92 Å². The first kappa shape index (κ1) is 20.2. The lowest BCUT2D eigenvalue weighted by molar-refractivity contribution is -0.117. The van der Waals surface area contributed by atoms with Gasteiger partial charge in [0.15, 0.2) is 0 Å². The molecule has 0 spiro atoms. The summed E-state index contributed by atoms with van der Waals surface area (Å²) < 4.78 is 27.7. The highest BCUT2D eigenvalue weighted by Crippen LogP contribution is 2.14. The molecule has 2 rings (SSSR count). The minimum Gasteiger partial charge on any atom is -0.384 e. The highest BCUT2D eigenvalue weighted by Gasteiger charge is 2.25. The minimum absolute atomic E-state index is 0.124. The summed E-state index contributed by atoms with van der Waals surface area (Å²) >= 11 is 1.54. The lowest BCUT2D eigenvalue weighted by atomic mass is 10.2. The third kappa shape index (κ3) is 5.72. The average molecular weight is 395 g/mol. The molecule has 0 fully saturated rings. The zero-order valence-corrected chi connectivity index (χ0v) is 16.2. The summed E-state index contributed by atoms with van der Waals surface area (Å²) in [5, 5.41) is 2.67. The van der Waals surface area contributed by atoms with Crippen molar-refractivity contribution in [2.24, 2.45) is 0 Å². The summed E-state index contributed by atoms with van der Waals surface area (Å²) in [7, 11) is -3.81. The molecular weight excluding hydrogens is 372 g/mol. The second kappa shape index (κ2) is 9.02. The van der Waals surface area contributed by atoms with Crippen LogP contribution in [0.3, 0.4) is 0 Å². The molecule has 140 valence electrons. The number of sulfonamides is 1. The van der Waals surface area contributed by atoms with Gasteiger partial charge in [-0.2, -0.15) is 16.5 Å². The monoisotopic (exact) mass is 394 g/mol. The van der Waals surface area contributed by atoms with Gasteiger partial charge in [-0.3, -0.25) is 4.79 Å². The molecule has 0 saturated carbocycles. The SMILES string of the molecule is CSCCC(NS(=O)(=O)c1ccc(C)cc1)C(=O)Nc1ccc(N)nc1. The lowest BCUT2D eigenvalue weighted by Gasteiger charge is -2.18. The van der Waals surface area contributed by atoms with Crippen molar-refractivity contribution in [2.45, 2.75) is 24.3 Å². The number of pyridine rings is 1. The predicted molar refractivity (Wildman–Crippen MR) is 106 cm³/mol. The Morgan fingerprint density at radius 3 is 2.50 bits per heavy atom. The molecule has 1 amide bonds. The molecule has 0 aliphatic carbocycles. The number of nitrogens with one attached hydrogen (secondary N) is 2. The maximum Gasteiger partial charge on any atom is 0.242 e. The van der Waals surface area contributed by atoms with Gasteiger partial charge in [-0.05, 0) is 49.6 Å². The van der Waals surface area contributed by atoms with E-state index < -0.39 is 22.0 Å². The summed E-state index contributed by atoms with van der Waals surface area (Å²) in [6.07, 6.45) is 3.68. The standard InChI is InChI=1S/C17H22N4O3S2/c1-12-3-6-14(7-4-12)26(23,24)21-15(9-10-25-2)17(22)20-13-5-8-16(18)19-11-13/h3-8,11,15,21H,9-10H2,1-2H3,(H2,18,19)(H,20,22). The van der Waals surface area contributed by atoms with Crippen LogP contribution in [-0.4, -0.2) is 37.4 Å². The van der Waals surface area contributed by atoms with Crippen LogP contribution in [0.15, 0.2) is 47.5 Å². The topological polar surface area (TPSA) is 114 Å². The predicted octanol–water partition coefficient (Wildman–Crippen LogP) is 2.01. The van der Waals surface area contributed by atoms with Gasteiger partial charge in [-0.15, -0.1) is 0 Å². The molecule has 4 N–H and O–H groups in total. The van der Waals surface area contributed by atoms with E-state index in [1.807, 2.05) is 13.2 Å². The third-order valence-corrected chi connectivity index (χ3v) is 5.74. The number of carbonyl (C=O) groups excluding carboxylic acids is 1. The van der Waals surface area contributed by atoms with E-state index in [9.17, 15) is 13.2 Å². The molecule has 2 aromatic rings. The van der Waals surface area contributed by atoms with Gasteiger partial charge in [-0.25, -0.2) is 13.4 Å². The van der Waals surface area contributed by atoms with Gasteiger partial charge in [0.05, 0.1) is 16.8 Å². The Balaban J connectivity index is 2.16. The van der Waals surface area contributed by atoms with Crippen molar-refractivity contribution in [3.05, 3.63) is 48.2 Å². The lowest BCUT2D eigenvalue weighted by Crippen LogP contribution is -2.44. The van der Waals surface area contributed by atoms with E-state index in [0.717, 1.165) is 5.56 Å². The Bertz CT molecular complexity index is 837. The number of nitrogens with two attached hydrogens (primary N) is 1. The second-order valence-electron chi connectivity index (χ2n) is 5.73. The van der Waals surface area contributed by atoms with Crippen molar-refractivity contribution in [3.8, 4) is 0 Å². The summed E-state index contributed by atoms with van der Waals surface area (Å²) in [5.74, 6) is 0.525. The van der Waals surface area contributed by atoms with E-state index in [-0.39, 0.29) is 4.90 Å². The van der Waals surface area contributed by atoms with Gasteiger partial charge in [0.25, 0.3) is 0 Å². The highest BCUT2D eigenvalue weighted by molar-refractivity contribution is 7.98. The summed E-state index contributed by atoms with van der Waals surface area (Å²) in [6.45, 7) is 1.87. The molecule has 0 bridgehead atoms. The van der Waals surface area contributed by atoms with E-state index >= 15 is 0 Å². The Morgan fingerprint density at radius 2 is 1.92 bits per heavy atom. The molecule has 1 heterocycles. The number of nitrogen functional groups attached to an aromatic ring is 1. The fraction of sp³-hybridized carbons (Fsp3) is 0.294.